The zero-order valence-electron chi connectivity index (χ0n) is 12.2. The molecule has 1 aromatic rings. The van der Waals surface area contributed by atoms with E-state index in [-0.39, 0.29) is 0 Å². The summed E-state index contributed by atoms with van der Waals surface area (Å²) in [5.74, 6) is 3.03. The molecule has 0 aromatic carbocycles. The summed E-state index contributed by atoms with van der Waals surface area (Å²) in [6, 6.07) is 0.681. The first kappa shape index (κ1) is 14.9. The van der Waals surface area contributed by atoms with Gasteiger partial charge < -0.3 is 9.84 Å². The summed E-state index contributed by atoms with van der Waals surface area (Å²) in [4.78, 5) is 4.56. The highest BCUT2D eigenvalue weighted by Gasteiger charge is 2.25. The average molecular weight is 283 g/mol. The van der Waals surface area contributed by atoms with Crippen LogP contribution in [0.3, 0.4) is 0 Å². The fourth-order valence-corrected chi connectivity index (χ4v) is 3.17. The lowest BCUT2D eigenvalue weighted by molar-refractivity contribution is 0.284. The van der Waals surface area contributed by atoms with Crippen LogP contribution in [0.2, 0.25) is 0 Å². The Kier molecular flexibility index (Phi) is 5.70. The lowest BCUT2D eigenvalue weighted by Crippen LogP contribution is -2.32. The van der Waals surface area contributed by atoms with Gasteiger partial charge in [0.25, 0.3) is 0 Å². The van der Waals surface area contributed by atoms with Crippen LogP contribution in [0.25, 0.3) is 0 Å². The monoisotopic (exact) mass is 283 g/mol. The molecule has 19 heavy (non-hydrogen) atoms. The molecule has 5 heteroatoms. The molecule has 108 valence electrons. The zero-order chi connectivity index (χ0) is 13.7. The number of nitrogens with one attached hydrogen (secondary N) is 1. The van der Waals surface area contributed by atoms with Crippen molar-refractivity contribution in [1.82, 2.24) is 15.5 Å². The van der Waals surface area contributed by atoms with Crippen molar-refractivity contribution in [1.29, 1.82) is 0 Å². The molecule has 0 amide bonds. The van der Waals surface area contributed by atoms with E-state index in [0.717, 1.165) is 36.9 Å². The van der Waals surface area contributed by atoms with E-state index in [1.54, 1.807) is 0 Å². The Hall–Kier alpha value is -0.550. The van der Waals surface area contributed by atoms with Gasteiger partial charge in [-0.15, -0.1) is 0 Å². The Morgan fingerprint density at radius 1 is 1.32 bits per heavy atom. The summed E-state index contributed by atoms with van der Waals surface area (Å²) in [6.45, 7) is 7.61. The van der Waals surface area contributed by atoms with Crippen LogP contribution in [0.5, 0.6) is 0 Å². The van der Waals surface area contributed by atoms with Crippen molar-refractivity contribution in [3.05, 3.63) is 11.7 Å². The van der Waals surface area contributed by atoms with Crippen LogP contribution in [0, 0.1) is 0 Å². The van der Waals surface area contributed by atoms with Gasteiger partial charge in [0.1, 0.15) is 0 Å². The van der Waals surface area contributed by atoms with Crippen molar-refractivity contribution in [2.45, 2.75) is 69.4 Å². The van der Waals surface area contributed by atoms with Crippen molar-refractivity contribution in [3.63, 3.8) is 0 Å². The van der Waals surface area contributed by atoms with Crippen LogP contribution < -0.4 is 5.32 Å². The molecular weight excluding hydrogens is 258 g/mol. The zero-order valence-corrected chi connectivity index (χ0v) is 13.0. The first-order valence-electron chi connectivity index (χ1n) is 7.36. The number of nitrogens with zero attached hydrogens (tertiary/aromatic N) is 2. The molecule has 1 saturated carbocycles. The normalized spacial score (nSPS) is 24.0. The number of rotatable bonds is 6. The molecule has 4 nitrogen and oxygen atoms in total. The summed E-state index contributed by atoms with van der Waals surface area (Å²) in [6.07, 6.45) is 4.77. The van der Waals surface area contributed by atoms with Gasteiger partial charge in [-0.05, 0) is 37.5 Å². The smallest absolute Gasteiger partial charge is 0.229 e. The summed E-state index contributed by atoms with van der Waals surface area (Å²) in [7, 11) is 0. The number of hydrogen-bond acceptors (Lipinski definition) is 5. The van der Waals surface area contributed by atoms with Gasteiger partial charge in [0.2, 0.25) is 5.89 Å². The molecule has 1 aliphatic carbocycles. The lowest BCUT2D eigenvalue weighted by Gasteiger charge is -2.26. The topological polar surface area (TPSA) is 51.0 Å². The van der Waals surface area contributed by atoms with E-state index in [0.29, 0.717) is 17.2 Å². The van der Waals surface area contributed by atoms with Crippen LogP contribution in [-0.4, -0.2) is 28.0 Å². The summed E-state index contributed by atoms with van der Waals surface area (Å²) < 4.78 is 5.44. The van der Waals surface area contributed by atoms with E-state index >= 15 is 0 Å². The number of thioether (sulfide) groups is 1. The van der Waals surface area contributed by atoms with Gasteiger partial charge in [0.15, 0.2) is 5.82 Å². The number of aromatic nitrogens is 2. The predicted octanol–water partition coefficient (Wildman–Crippen LogP) is 3.35. The molecule has 1 fully saturated rings. The molecular formula is C14H25N3OS. The molecule has 0 atom stereocenters. The number of hydrogen-bond donors (Lipinski definition) is 1. The lowest BCUT2D eigenvalue weighted by atomic mass is 9.86. The van der Waals surface area contributed by atoms with Gasteiger partial charge in [-0.25, -0.2) is 0 Å². The van der Waals surface area contributed by atoms with Gasteiger partial charge in [0, 0.05) is 12.0 Å². The highest BCUT2D eigenvalue weighted by Crippen LogP contribution is 2.32. The molecule has 0 spiro atoms. The Morgan fingerprint density at radius 2 is 2.05 bits per heavy atom. The average Bonchev–Trinajstić information content (AvgIpc) is 2.86. The minimum absolute atomic E-state index is 0.472. The maximum Gasteiger partial charge on any atom is 0.229 e. The van der Waals surface area contributed by atoms with Crippen LogP contribution in [0.1, 0.15) is 64.1 Å². The minimum Gasteiger partial charge on any atom is -0.339 e. The van der Waals surface area contributed by atoms with E-state index in [9.17, 15) is 0 Å². The van der Waals surface area contributed by atoms with Crippen LogP contribution in [-0.2, 0) is 5.75 Å². The van der Waals surface area contributed by atoms with E-state index in [2.05, 4.69) is 36.2 Å². The fraction of sp³-hybridized carbons (Fsp3) is 0.857. The highest BCUT2D eigenvalue weighted by molar-refractivity contribution is 7.99. The van der Waals surface area contributed by atoms with E-state index in [1.165, 1.54) is 12.8 Å². The van der Waals surface area contributed by atoms with Gasteiger partial charge in [-0.3, -0.25) is 0 Å². The second-order valence-corrected chi connectivity index (χ2v) is 7.08. The molecule has 0 saturated heterocycles. The summed E-state index contributed by atoms with van der Waals surface area (Å²) in [5, 5.41) is 8.23. The standard InChI is InChI=1S/C14H25N3OS/c1-4-15-12-7-5-11(6-8-12)14-16-13(17-18-14)9-19-10(2)3/h10-12,15H,4-9H2,1-3H3. The second kappa shape index (κ2) is 7.29. The molecule has 0 bridgehead atoms. The van der Waals surface area contributed by atoms with Gasteiger partial charge in [-0.2, -0.15) is 16.7 Å². The van der Waals surface area contributed by atoms with Gasteiger partial charge in [-0.1, -0.05) is 25.9 Å². The quantitative estimate of drug-likeness (QED) is 0.867. The van der Waals surface area contributed by atoms with E-state index < -0.39 is 0 Å². The Labute approximate surface area is 120 Å². The fourth-order valence-electron chi connectivity index (χ4n) is 2.57. The van der Waals surface area contributed by atoms with Crippen molar-refractivity contribution in [2.75, 3.05) is 6.54 Å². The third-order valence-corrected chi connectivity index (χ3v) is 4.69. The first-order valence-corrected chi connectivity index (χ1v) is 8.41. The van der Waals surface area contributed by atoms with Crippen LogP contribution in [0.4, 0.5) is 0 Å². The third-order valence-electron chi connectivity index (χ3n) is 3.60. The molecule has 1 heterocycles. The molecule has 0 unspecified atom stereocenters. The predicted molar refractivity (Wildman–Crippen MR) is 79.4 cm³/mol. The Morgan fingerprint density at radius 3 is 2.68 bits per heavy atom. The minimum atomic E-state index is 0.472. The molecule has 1 N–H and O–H groups in total. The van der Waals surface area contributed by atoms with Crippen molar-refractivity contribution in [3.8, 4) is 0 Å². The Balaban J connectivity index is 1.82. The second-order valence-electron chi connectivity index (χ2n) is 5.51. The SMILES string of the molecule is CCNC1CCC(c2nc(CSC(C)C)no2)CC1. The first-order chi connectivity index (χ1) is 9.19. The van der Waals surface area contributed by atoms with E-state index in [4.69, 9.17) is 4.52 Å². The summed E-state index contributed by atoms with van der Waals surface area (Å²) in [5.41, 5.74) is 0. The van der Waals surface area contributed by atoms with Crippen LogP contribution >= 0.6 is 11.8 Å². The van der Waals surface area contributed by atoms with Crippen molar-refractivity contribution in [2.24, 2.45) is 0 Å². The Bertz CT molecular complexity index is 373. The van der Waals surface area contributed by atoms with Crippen molar-refractivity contribution >= 4 is 11.8 Å². The maximum atomic E-state index is 5.44. The molecule has 1 aromatic heterocycles. The summed E-state index contributed by atoms with van der Waals surface area (Å²) >= 11 is 1.86. The van der Waals surface area contributed by atoms with Gasteiger partial charge in [0.05, 0.1) is 5.75 Å². The molecule has 2 rings (SSSR count). The van der Waals surface area contributed by atoms with Gasteiger partial charge >= 0.3 is 0 Å². The molecule has 0 radical (unpaired) electrons. The molecule has 1 aliphatic rings. The van der Waals surface area contributed by atoms with Crippen LogP contribution in [0.15, 0.2) is 4.52 Å². The van der Waals surface area contributed by atoms with E-state index in [1.807, 2.05) is 11.8 Å². The molecule has 0 aliphatic heterocycles. The maximum absolute atomic E-state index is 5.44. The largest absolute Gasteiger partial charge is 0.339 e. The third kappa shape index (κ3) is 4.49. The van der Waals surface area contributed by atoms with Crippen molar-refractivity contribution < 1.29 is 4.52 Å². The highest BCUT2D eigenvalue weighted by atomic mass is 32.2.